The van der Waals surface area contributed by atoms with Crippen molar-refractivity contribution in [2.75, 3.05) is 40.4 Å². The van der Waals surface area contributed by atoms with Gasteiger partial charge < -0.3 is 29.9 Å². The van der Waals surface area contributed by atoms with Gasteiger partial charge in [-0.25, -0.2) is 19.2 Å². The van der Waals surface area contributed by atoms with Crippen molar-refractivity contribution in [1.29, 1.82) is 0 Å². The lowest BCUT2D eigenvalue weighted by Crippen LogP contribution is -2.59. The summed E-state index contributed by atoms with van der Waals surface area (Å²) >= 11 is 0. The maximum Gasteiger partial charge on any atom is 0.328 e. The van der Waals surface area contributed by atoms with Gasteiger partial charge in [0.1, 0.15) is 12.1 Å². The molecule has 10 heteroatoms. The zero-order chi connectivity index (χ0) is 22.8. The molecule has 4 amide bonds. The maximum absolute atomic E-state index is 12.6. The maximum atomic E-state index is 12.6. The van der Waals surface area contributed by atoms with E-state index in [-0.39, 0.29) is 23.9 Å². The predicted molar refractivity (Wildman–Crippen MR) is 111 cm³/mol. The molecule has 0 aromatic heterocycles. The van der Waals surface area contributed by atoms with Crippen molar-refractivity contribution in [3.05, 3.63) is 0 Å². The number of hydrogen-bond donors (Lipinski definition) is 2. The van der Waals surface area contributed by atoms with Gasteiger partial charge in [0, 0.05) is 26.2 Å². The number of carbonyl (C=O) groups is 4. The quantitative estimate of drug-likeness (QED) is 0.561. The van der Waals surface area contributed by atoms with E-state index in [1.165, 1.54) is 14.2 Å². The van der Waals surface area contributed by atoms with Crippen LogP contribution in [0.4, 0.5) is 9.59 Å². The molecule has 30 heavy (non-hydrogen) atoms. The van der Waals surface area contributed by atoms with Gasteiger partial charge in [0.2, 0.25) is 0 Å². The van der Waals surface area contributed by atoms with Crippen molar-refractivity contribution < 1.29 is 28.7 Å². The standard InChI is InChI=1S/C20H36N4O6/c1-7-13(3)15(17(25)29-5)21-19(27)23-9-11-24(12-10-23)20(28)22-16(14(4)8-2)18(26)30-6/h13-16H,7-12H2,1-6H3,(H,21,27)(H,22,28)/t13-,14-,15-,16-/m0/s1. The fourth-order valence-corrected chi connectivity index (χ4v) is 3.15. The first-order valence-corrected chi connectivity index (χ1v) is 10.5. The number of nitrogens with zero attached hydrogens (tertiary/aromatic N) is 2. The average Bonchev–Trinajstić information content (AvgIpc) is 2.78. The Bertz CT molecular complexity index is 554. The third kappa shape index (κ3) is 6.77. The van der Waals surface area contributed by atoms with E-state index < -0.39 is 24.0 Å². The highest BCUT2D eigenvalue weighted by Crippen LogP contribution is 2.12. The highest BCUT2D eigenvalue weighted by atomic mass is 16.5. The van der Waals surface area contributed by atoms with Crippen LogP contribution in [0, 0.1) is 11.8 Å². The van der Waals surface area contributed by atoms with Crippen LogP contribution in [0.25, 0.3) is 0 Å². The Kier molecular flexibility index (Phi) is 10.4. The molecule has 0 aromatic rings. The number of ether oxygens (including phenoxy) is 2. The van der Waals surface area contributed by atoms with Gasteiger partial charge in [0.15, 0.2) is 0 Å². The summed E-state index contributed by atoms with van der Waals surface area (Å²) in [7, 11) is 2.59. The molecule has 1 aliphatic rings. The normalized spacial score (nSPS) is 17.9. The Balaban J connectivity index is 2.64. The van der Waals surface area contributed by atoms with Gasteiger partial charge in [-0.05, 0) is 11.8 Å². The van der Waals surface area contributed by atoms with Crippen LogP contribution in [0.3, 0.4) is 0 Å². The summed E-state index contributed by atoms with van der Waals surface area (Å²) in [6.45, 7) is 8.90. The minimum Gasteiger partial charge on any atom is -0.467 e. The molecule has 0 aliphatic carbocycles. The van der Waals surface area contributed by atoms with Gasteiger partial charge in [0.05, 0.1) is 14.2 Å². The first-order valence-electron chi connectivity index (χ1n) is 10.5. The number of piperazine rings is 1. The van der Waals surface area contributed by atoms with Crippen LogP contribution in [0.2, 0.25) is 0 Å². The van der Waals surface area contributed by atoms with Crippen LogP contribution in [0.5, 0.6) is 0 Å². The number of amides is 4. The highest BCUT2D eigenvalue weighted by molar-refractivity contribution is 5.85. The van der Waals surface area contributed by atoms with Gasteiger partial charge in [0.25, 0.3) is 0 Å². The fraction of sp³-hybridized carbons (Fsp3) is 0.800. The smallest absolute Gasteiger partial charge is 0.328 e. The minimum atomic E-state index is -0.717. The molecule has 1 heterocycles. The third-order valence-electron chi connectivity index (χ3n) is 5.75. The summed E-state index contributed by atoms with van der Waals surface area (Å²) in [5.41, 5.74) is 0. The van der Waals surface area contributed by atoms with Crippen LogP contribution in [0.15, 0.2) is 0 Å². The molecule has 1 rings (SSSR count). The third-order valence-corrected chi connectivity index (χ3v) is 5.75. The van der Waals surface area contributed by atoms with Crippen LogP contribution < -0.4 is 10.6 Å². The van der Waals surface area contributed by atoms with Crippen LogP contribution in [0.1, 0.15) is 40.5 Å². The number of esters is 2. The molecule has 4 atom stereocenters. The van der Waals surface area contributed by atoms with Gasteiger partial charge in [-0.1, -0.05) is 40.5 Å². The number of methoxy groups -OCH3 is 2. The van der Waals surface area contributed by atoms with E-state index in [0.29, 0.717) is 39.0 Å². The van der Waals surface area contributed by atoms with E-state index in [2.05, 4.69) is 10.6 Å². The molecule has 2 N–H and O–H groups in total. The van der Waals surface area contributed by atoms with E-state index in [1.807, 2.05) is 27.7 Å². The average molecular weight is 429 g/mol. The summed E-state index contributed by atoms with van der Waals surface area (Å²) < 4.78 is 9.59. The fourth-order valence-electron chi connectivity index (χ4n) is 3.15. The number of nitrogens with one attached hydrogen (secondary N) is 2. The summed E-state index contributed by atoms with van der Waals surface area (Å²) in [5, 5.41) is 5.48. The molecule has 0 unspecified atom stereocenters. The molecule has 172 valence electrons. The Hall–Kier alpha value is -2.52. The largest absolute Gasteiger partial charge is 0.467 e. The molecule has 0 spiro atoms. The molecule has 1 fully saturated rings. The zero-order valence-corrected chi connectivity index (χ0v) is 18.9. The van der Waals surface area contributed by atoms with Crippen LogP contribution in [-0.2, 0) is 19.1 Å². The minimum absolute atomic E-state index is 0.0655. The van der Waals surface area contributed by atoms with E-state index in [1.54, 1.807) is 9.80 Å². The van der Waals surface area contributed by atoms with Crippen molar-refractivity contribution in [2.24, 2.45) is 11.8 Å². The van der Waals surface area contributed by atoms with Crippen molar-refractivity contribution in [3.63, 3.8) is 0 Å². The van der Waals surface area contributed by atoms with Gasteiger partial charge in [-0.15, -0.1) is 0 Å². The van der Waals surface area contributed by atoms with Crippen LogP contribution >= 0.6 is 0 Å². The molecule has 0 saturated carbocycles. The molecular weight excluding hydrogens is 392 g/mol. The number of hydrogen-bond acceptors (Lipinski definition) is 6. The molecule has 1 aliphatic heterocycles. The van der Waals surface area contributed by atoms with E-state index in [0.717, 1.165) is 0 Å². The lowest BCUT2D eigenvalue weighted by Gasteiger charge is -2.36. The molecule has 1 saturated heterocycles. The summed E-state index contributed by atoms with van der Waals surface area (Å²) in [4.78, 5) is 52.3. The Morgan fingerprint density at radius 3 is 1.27 bits per heavy atom. The van der Waals surface area contributed by atoms with E-state index >= 15 is 0 Å². The Morgan fingerprint density at radius 2 is 1.03 bits per heavy atom. The number of urea groups is 2. The summed E-state index contributed by atoms with van der Waals surface area (Å²) in [6.07, 6.45) is 1.43. The molecular formula is C20H36N4O6. The second kappa shape index (κ2) is 12.2. The Labute approximate surface area is 178 Å². The van der Waals surface area contributed by atoms with Crippen molar-refractivity contribution in [3.8, 4) is 0 Å². The Morgan fingerprint density at radius 1 is 0.733 bits per heavy atom. The number of rotatable bonds is 8. The van der Waals surface area contributed by atoms with Gasteiger partial charge >= 0.3 is 24.0 Å². The summed E-state index contributed by atoms with van der Waals surface area (Å²) in [6, 6.07) is -2.16. The predicted octanol–water partition coefficient (Wildman–Crippen LogP) is 1.20. The van der Waals surface area contributed by atoms with Gasteiger partial charge in [-0.2, -0.15) is 0 Å². The molecule has 10 nitrogen and oxygen atoms in total. The van der Waals surface area contributed by atoms with Crippen molar-refractivity contribution >= 4 is 24.0 Å². The first kappa shape index (κ1) is 25.5. The number of carbonyl (C=O) groups excluding carboxylic acids is 4. The molecule has 0 radical (unpaired) electrons. The van der Waals surface area contributed by atoms with E-state index in [9.17, 15) is 19.2 Å². The molecule has 0 bridgehead atoms. The SMILES string of the molecule is CC[C@H](C)[C@H](NC(=O)N1CCN(C(=O)N[C@H](C(=O)OC)[C@@H](C)CC)CC1)C(=O)OC. The monoisotopic (exact) mass is 428 g/mol. The van der Waals surface area contributed by atoms with Crippen molar-refractivity contribution in [2.45, 2.75) is 52.6 Å². The zero-order valence-electron chi connectivity index (χ0n) is 18.9. The van der Waals surface area contributed by atoms with Crippen LogP contribution in [-0.4, -0.2) is 86.3 Å². The summed E-state index contributed by atoms with van der Waals surface area (Å²) in [5.74, 6) is -1.09. The first-order chi connectivity index (χ1) is 14.2. The lowest BCUT2D eigenvalue weighted by molar-refractivity contribution is -0.145. The van der Waals surface area contributed by atoms with Crippen molar-refractivity contribution in [1.82, 2.24) is 20.4 Å². The highest BCUT2D eigenvalue weighted by Gasteiger charge is 2.32. The second-order valence-electron chi connectivity index (χ2n) is 7.65. The lowest BCUT2D eigenvalue weighted by atomic mass is 9.99. The van der Waals surface area contributed by atoms with E-state index in [4.69, 9.17) is 9.47 Å². The van der Waals surface area contributed by atoms with Gasteiger partial charge in [-0.3, -0.25) is 0 Å². The molecule has 0 aromatic carbocycles. The second-order valence-corrected chi connectivity index (χ2v) is 7.65. The topological polar surface area (TPSA) is 117 Å².